The Labute approximate surface area is 93.3 Å². The molecule has 1 aromatic rings. The minimum Gasteiger partial charge on any atom is -0.546 e. The maximum absolute atomic E-state index is 12.6. The van der Waals surface area contributed by atoms with E-state index in [1.54, 1.807) is 0 Å². The number of halogens is 1. The number of rotatable bonds is 5. The van der Waals surface area contributed by atoms with E-state index < -0.39 is 17.9 Å². The number of nitrogens with one attached hydrogen (secondary N) is 1. The lowest BCUT2D eigenvalue weighted by Gasteiger charge is -2.21. The Bertz CT molecular complexity index is 351. The molecule has 4 nitrogen and oxygen atoms in total. The predicted molar refractivity (Wildman–Crippen MR) is 53.5 cm³/mol. The van der Waals surface area contributed by atoms with E-state index in [4.69, 9.17) is 4.74 Å². The minimum atomic E-state index is -1.27. The third-order valence-corrected chi connectivity index (χ3v) is 1.95. The van der Waals surface area contributed by atoms with Crippen LogP contribution in [0.25, 0.3) is 0 Å². The SMILES string of the molecule is C[NH+](C)C[C@@H](Oc1ccc(F)cc1)C(=O)[O-]. The number of hydrogen-bond acceptors (Lipinski definition) is 3. The molecular formula is C11H14FNO3. The van der Waals surface area contributed by atoms with Gasteiger partial charge in [0.1, 0.15) is 18.1 Å². The first-order valence-electron chi connectivity index (χ1n) is 4.91. The summed E-state index contributed by atoms with van der Waals surface area (Å²) in [5.41, 5.74) is 0. The lowest BCUT2D eigenvalue weighted by molar-refractivity contribution is -0.860. The summed E-state index contributed by atoms with van der Waals surface area (Å²) < 4.78 is 17.8. The molecule has 0 bridgehead atoms. The van der Waals surface area contributed by atoms with Crippen LogP contribution in [0, 0.1) is 5.82 Å². The number of ether oxygens (including phenoxy) is 1. The number of hydrogen-bond donors (Lipinski definition) is 1. The Morgan fingerprint density at radius 2 is 2.00 bits per heavy atom. The summed E-state index contributed by atoms with van der Waals surface area (Å²) in [5, 5.41) is 10.8. The Morgan fingerprint density at radius 3 is 2.44 bits per heavy atom. The maximum Gasteiger partial charge on any atom is 0.186 e. The smallest absolute Gasteiger partial charge is 0.186 e. The third kappa shape index (κ3) is 3.86. The number of aliphatic carboxylic acids is 1. The van der Waals surface area contributed by atoms with Gasteiger partial charge in [0.15, 0.2) is 6.10 Å². The van der Waals surface area contributed by atoms with E-state index in [0.29, 0.717) is 5.75 Å². The van der Waals surface area contributed by atoms with Gasteiger partial charge in [-0.2, -0.15) is 0 Å². The summed E-state index contributed by atoms with van der Waals surface area (Å²) in [7, 11) is 3.62. The van der Waals surface area contributed by atoms with Crippen LogP contribution in [0.4, 0.5) is 4.39 Å². The molecule has 1 atom stereocenters. The van der Waals surface area contributed by atoms with Crippen LogP contribution >= 0.6 is 0 Å². The second-order valence-electron chi connectivity index (χ2n) is 3.79. The molecule has 0 aliphatic rings. The van der Waals surface area contributed by atoms with E-state index in [2.05, 4.69) is 0 Å². The molecule has 1 aromatic carbocycles. The van der Waals surface area contributed by atoms with E-state index in [9.17, 15) is 14.3 Å². The summed E-state index contributed by atoms with van der Waals surface area (Å²) in [6.45, 7) is 0.277. The fourth-order valence-corrected chi connectivity index (χ4v) is 1.22. The van der Waals surface area contributed by atoms with Gasteiger partial charge in [-0.25, -0.2) is 4.39 Å². The van der Waals surface area contributed by atoms with Crippen molar-refractivity contribution >= 4 is 5.97 Å². The van der Waals surface area contributed by atoms with Gasteiger partial charge in [-0.1, -0.05) is 0 Å². The largest absolute Gasteiger partial charge is 0.546 e. The van der Waals surface area contributed by atoms with E-state index >= 15 is 0 Å². The van der Waals surface area contributed by atoms with Gasteiger partial charge in [0, 0.05) is 0 Å². The van der Waals surface area contributed by atoms with Crippen molar-refractivity contribution in [3.05, 3.63) is 30.1 Å². The number of carboxylic acids is 1. The summed E-state index contributed by atoms with van der Waals surface area (Å²) in [5.74, 6) is -1.35. The van der Waals surface area contributed by atoms with Crippen molar-refractivity contribution in [1.29, 1.82) is 0 Å². The highest BCUT2D eigenvalue weighted by Crippen LogP contribution is 2.12. The van der Waals surface area contributed by atoms with Gasteiger partial charge in [0.2, 0.25) is 0 Å². The monoisotopic (exact) mass is 227 g/mol. The summed E-state index contributed by atoms with van der Waals surface area (Å²) in [4.78, 5) is 11.7. The van der Waals surface area contributed by atoms with Crippen molar-refractivity contribution < 1.29 is 23.9 Å². The van der Waals surface area contributed by atoms with Gasteiger partial charge in [0.25, 0.3) is 0 Å². The topological polar surface area (TPSA) is 53.8 Å². The van der Waals surface area contributed by atoms with Crippen molar-refractivity contribution in [2.24, 2.45) is 0 Å². The van der Waals surface area contributed by atoms with Gasteiger partial charge >= 0.3 is 0 Å². The average Bonchev–Trinajstić information content (AvgIpc) is 2.19. The van der Waals surface area contributed by atoms with E-state index in [0.717, 1.165) is 4.90 Å². The normalized spacial score (nSPS) is 12.5. The second-order valence-corrected chi connectivity index (χ2v) is 3.79. The predicted octanol–water partition coefficient (Wildman–Crippen LogP) is -1.53. The van der Waals surface area contributed by atoms with Gasteiger partial charge in [0.05, 0.1) is 20.1 Å². The standard InChI is InChI=1S/C11H14FNO3/c1-13(2)7-10(11(14)15)16-9-5-3-8(12)4-6-9/h3-6,10H,7H2,1-2H3,(H,14,15)/t10-/m1/s1. The molecule has 16 heavy (non-hydrogen) atoms. The molecule has 0 saturated carbocycles. The highest BCUT2D eigenvalue weighted by Gasteiger charge is 2.15. The number of carbonyl (C=O) groups is 1. The molecule has 0 saturated heterocycles. The summed E-state index contributed by atoms with van der Waals surface area (Å²) >= 11 is 0. The molecule has 0 amide bonds. The molecule has 0 fully saturated rings. The van der Waals surface area contributed by atoms with Crippen LogP contribution < -0.4 is 14.7 Å². The van der Waals surface area contributed by atoms with Crippen LogP contribution in [-0.2, 0) is 4.79 Å². The molecule has 1 rings (SSSR count). The van der Waals surface area contributed by atoms with E-state index in [1.165, 1.54) is 24.3 Å². The molecule has 0 unspecified atom stereocenters. The molecule has 0 heterocycles. The van der Waals surface area contributed by atoms with Crippen LogP contribution in [0.5, 0.6) is 5.75 Å². The Hall–Kier alpha value is -1.62. The molecule has 0 spiro atoms. The first-order valence-corrected chi connectivity index (χ1v) is 4.91. The number of carbonyl (C=O) groups excluding carboxylic acids is 1. The molecule has 0 aromatic heterocycles. The van der Waals surface area contributed by atoms with Crippen LogP contribution in [0.1, 0.15) is 0 Å². The fraction of sp³-hybridized carbons (Fsp3) is 0.364. The molecule has 0 aliphatic carbocycles. The lowest BCUT2D eigenvalue weighted by Crippen LogP contribution is -3.07. The Morgan fingerprint density at radius 1 is 1.44 bits per heavy atom. The highest BCUT2D eigenvalue weighted by molar-refractivity contribution is 5.70. The lowest BCUT2D eigenvalue weighted by atomic mass is 10.3. The zero-order valence-electron chi connectivity index (χ0n) is 9.20. The summed E-state index contributed by atoms with van der Waals surface area (Å²) in [6, 6.07) is 5.20. The quantitative estimate of drug-likeness (QED) is 0.664. The Balaban J connectivity index is 2.68. The molecular weight excluding hydrogens is 213 g/mol. The van der Waals surface area contributed by atoms with Crippen LogP contribution in [0.2, 0.25) is 0 Å². The second kappa shape index (κ2) is 5.46. The first kappa shape index (κ1) is 12.4. The molecule has 0 radical (unpaired) electrons. The minimum absolute atomic E-state index is 0.277. The van der Waals surface area contributed by atoms with Gasteiger partial charge < -0.3 is 19.5 Å². The third-order valence-electron chi connectivity index (χ3n) is 1.95. The molecule has 0 aliphatic heterocycles. The van der Waals surface area contributed by atoms with Gasteiger partial charge in [-0.15, -0.1) is 0 Å². The summed E-state index contributed by atoms with van der Waals surface area (Å²) in [6.07, 6.45) is -1.03. The molecule has 88 valence electrons. The number of carboxylic acid groups (broad SMARTS) is 1. The van der Waals surface area contributed by atoms with Crippen molar-refractivity contribution in [1.82, 2.24) is 0 Å². The van der Waals surface area contributed by atoms with Gasteiger partial charge in [-0.05, 0) is 24.3 Å². The fourth-order valence-electron chi connectivity index (χ4n) is 1.22. The average molecular weight is 227 g/mol. The van der Waals surface area contributed by atoms with Crippen molar-refractivity contribution in [3.63, 3.8) is 0 Å². The Kier molecular flexibility index (Phi) is 4.25. The number of likely N-dealkylation sites (N-methyl/N-ethyl adjacent to an activating group) is 1. The van der Waals surface area contributed by atoms with Crippen LogP contribution in [0.15, 0.2) is 24.3 Å². The van der Waals surface area contributed by atoms with Crippen molar-refractivity contribution in [3.8, 4) is 5.75 Å². The zero-order chi connectivity index (χ0) is 12.1. The zero-order valence-corrected chi connectivity index (χ0v) is 9.20. The molecule has 5 heteroatoms. The first-order chi connectivity index (χ1) is 7.49. The number of benzene rings is 1. The van der Waals surface area contributed by atoms with E-state index in [1.807, 2.05) is 14.1 Å². The van der Waals surface area contributed by atoms with E-state index in [-0.39, 0.29) is 6.54 Å². The van der Waals surface area contributed by atoms with Gasteiger partial charge in [-0.3, -0.25) is 0 Å². The van der Waals surface area contributed by atoms with Crippen LogP contribution in [0.3, 0.4) is 0 Å². The molecule has 1 N–H and O–H groups in total. The number of quaternary nitrogens is 1. The maximum atomic E-state index is 12.6. The van der Waals surface area contributed by atoms with Crippen LogP contribution in [-0.4, -0.2) is 32.7 Å². The van der Waals surface area contributed by atoms with Crippen molar-refractivity contribution in [2.75, 3.05) is 20.6 Å². The highest BCUT2D eigenvalue weighted by atomic mass is 19.1. The van der Waals surface area contributed by atoms with Crippen molar-refractivity contribution in [2.45, 2.75) is 6.10 Å².